The molecule has 0 radical (unpaired) electrons. The number of nitrogens with zero attached hydrogens (tertiary/aromatic N) is 1. The van der Waals surface area contributed by atoms with Crippen LogP contribution in [0.15, 0.2) is 0 Å². The number of amides is 1. The lowest BCUT2D eigenvalue weighted by atomic mass is 9.78. The normalized spacial score (nSPS) is 26.2. The lowest BCUT2D eigenvalue weighted by Crippen LogP contribution is -2.63. The molecule has 0 aromatic carbocycles. The van der Waals surface area contributed by atoms with Crippen LogP contribution in [0.3, 0.4) is 0 Å². The second kappa shape index (κ2) is 3.12. The van der Waals surface area contributed by atoms with Crippen molar-refractivity contribution < 1.29 is 15.0 Å². The number of aliphatic hydroxyl groups is 1. The van der Waals surface area contributed by atoms with Crippen molar-refractivity contribution in [2.45, 2.75) is 57.7 Å². The third kappa shape index (κ3) is 1.85. The molecule has 82 valence electrons. The number of rotatable bonds is 0. The highest BCUT2D eigenvalue weighted by Gasteiger charge is 2.47. The molecule has 14 heavy (non-hydrogen) atoms. The highest BCUT2D eigenvalue weighted by molar-refractivity contribution is 5.67. The SMILES string of the molecule is CC1(C)CC(O)CC(C)(C)N1C(=O)O. The molecule has 1 rings (SSSR count). The molecule has 1 saturated heterocycles. The summed E-state index contributed by atoms with van der Waals surface area (Å²) in [4.78, 5) is 12.6. The predicted molar refractivity (Wildman–Crippen MR) is 53.3 cm³/mol. The number of aliphatic hydroxyl groups excluding tert-OH is 1. The van der Waals surface area contributed by atoms with Gasteiger partial charge in [-0.3, -0.25) is 4.90 Å². The van der Waals surface area contributed by atoms with Crippen LogP contribution >= 0.6 is 0 Å². The van der Waals surface area contributed by atoms with E-state index in [9.17, 15) is 9.90 Å². The van der Waals surface area contributed by atoms with E-state index in [1.807, 2.05) is 27.7 Å². The molecule has 0 spiro atoms. The molecule has 0 aromatic rings. The zero-order chi connectivity index (χ0) is 11.1. The van der Waals surface area contributed by atoms with Crippen molar-refractivity contribution in [1.82, 2.24) is 4.90 Å². The maximum absolute atomic E-state index is 11.1. The van der Waals surface area contributed by atoms with Crippen LogP contribution < -0.4 is 0 Å². The summed E-state index contributed by atoms with van der Waals surface area (Å²) in [6, 6.07) is 0. The number of carbonyl (C=O) groups is 1. The second-order valence-corrected chi connectivity index (χ2v) is 5.30. The summed E-state index contributed by atoms with van der Waals surface area (Å²) in [7, 11) is 0. The molecule has 0 aliphatic carbocycles. The van der Waals surface area contributed by atoms with Gasteiger partial charge in [-0.05, 0) is 40.5 Å². The van der Waals surface area contributed by atoms with Gasteiger partial charge in [0, 0.05) is 11.1 Å². The Hall–Kier alpha value is -0.770. The van der Waals surface area contributed by atoms with Crippen LogP contribution in [0.5, 0.6) is 0 Å². The van der Waals surface area contributed by atoms with Gasteiger partial charge >= 0.3 is 6.09 Å². The van der Waals surface area contributed by atoms with Gasteiger partial charge in [-0.1, -0.05) is 0 Å². The third-order valence-electron chi connectivity index (χ3n) is 2.87. The fraction of sp³-hybridized carbons (Fsp3) is 0.900. The molecule has 1 fully saturated rings. The topological polar surface area (TPSA) is 60.8 Å². The van der Waals surface area contributed by atoms with Crippen LogP contribution in [-0.4, -0.2) is 38.4 Å². The number of hydrogen-bond donors (Lipinski definition) is 2. The van der Waals surface area contributed by atoms with Crippen molar-refractivity contribution in [3.8, 4) is 0 Å². The molecule has 4 heteroatoms. The third-order valence-corrected chi connectivity index (χ3v) is 2.87. The Kier molecular flexibility index (Phi) is 2.52. The van der Waals surface area contributed by atoms with Crippen LogP contribution in [0.1, 0.15) is 40.5 Å². The van der Waals surface area contributed by atoms with Crippen LogP contribution in [0.2, 0.25) is 0 Å². The highest BCUT2D eigenvalue weighted by atomic mass is 16.4. The molecular weight excluding hydrogens is 182 g/mol. The van der Waals surface area contributed by atoms with Crippen LogP contribution in [0, 0.1) is 0 Å². The van der Waals surface area contributed by atoms with Crippen molar-refractivity contribution >= 4 is 6.09 Å². The summed E-state index contributed by atoms with van der Waals surface area (Å²) in [5, 5.41) is 18.8. The van der Waals surface area contributed by atoms with Crippen molar-refractivity contribution in [2.75, 3.05) is 0 Å². The fourth-order valence-electron chi connectivity index (χ4n) is 2.75. The van der Waals surface area contributed by atoms with E-state index in [-0.39, 0.29) is 0 Å². The number of carboxylic acid groups (broad SMARTS) is 1. The molecule has 1 aliphatic heterocycles. The van der Waals surface area contributed by atoms with E-state index in [4.69, 9.17) is 5.11 Å². The molecule has 1 aliphatic rings. The maximum atomic E-state index is 11.1. The largest absolute Gasteiger partial charge is 0.465 e. The van der Waals surface area contributed by atoms with Gasteiger partial charge in [0.25, 0.3) is 0 Å². The van der Waals surface area contributed by atoms with Crippen LogP contribution in [0.25, 0.3) is 0 Å². The Morgan fingerprint density at radius 3 is 1.86 bits per heavy atom. The molecule has 0 saturated carbocycles. The van der Waals surface area contributed by atoms with E-state index in [0.29, 0.717) is 12.8 Å². The minimum absolute atomic E-state index is 0.407. The van der Waals surface area contributed by atoms with E-state index in [0.717, 1.165) is 0 Å². The number of piperidine rings is 1. The first-order valence-electron chi connectivity index (χ1n) is 4.88. The van der Waals surface area contributed by atoms with E-state index < -0.39 is 23.3 Å². The summed E-state index contributed by atoms with van der Waals surface area (Å²) in [5.74, 6) is 0. The Balaban J connectivity index is 3.03. The van der Waals surface area contributed by atoms with E-state index >= 15 is 0 Å². The number of likely N-dealkylation sites (tertiary alicyclic amines) is 1. The van der Waals surface area contributed by atoms with Gasteiger partial charge in [0.2, 0.25) is 0 Å². The quantitative estimate of drug-likeness (QED) is 0.626. The molecule has 1 amide bonds. The van der Waals surface area contributed by atoms with E-state index in [2.05, 4.69) is 0 Å². The van der Waals surface area contributed by atoms with Crippen molar-refractivity contribution in [3.05, 3.63) is 0 Å². The maximum Gasteiger partial charge on any atom is 0.408 e. The summed E-state index contributed by atoms with van der Waals surface area (Å²) in [5.41, 5.74) is -0.986. The zero-order valence-corrected chi connectivity index (χ0v) is 9.24. The molecule has 0 aromatic heterocycles. The highest BCUT2D eigenvalue weighted by Crippen LogP contribution is 2.38. The summed E-state index contributed by atoms with van der Waals surface area (Å²) < 4.78 is 0. The Bertz CT molecular complexity index is 230. The Morgan fingerprint density at radius 1 is 1.21 bits per heavy atom. The van der Waals surface area contributed by atoms with Gasteiger partial charge < -0.3 is 10.2 Å². The van der Waals surface area contributed by atoms with Crippen molar-refractivity contribution in [2.24, 2.45) is 0 Å². The Labute approximate surface area is 84.5 Å². The van der Waals surface area contributed by atoms with Crippen LogP contribution in [-0.2, 0) is 0 Å². The second-order valence-electron chi connectivity index (χ2n) is 5.30. The average Bonchev–Trinajstić information content (AvgIpc) is 1.75. The van der Waals surface area contributed by atoms with Gasteiger partial charge in [-0.15, -0.1) is 0 Å². The zero-order valence-electron chi connectivity index (χ0n) is 9.24. The summed E-state index contributed by atoms with van der Waals surface area (Å²) in [6.07, 6.45) is -0.312. The van der Waals surface area contributed by atoms with Gasteiger partial charge in [-0.2, -0.15) is 0 Å². The smallest absolute Gasteiger partial charge is 0.408 e. The summed E-state index contributed by atoms with van der Waals surface area (Å²) >= 11 is 0. The Morgan fingerprint density at radius 2 is 1.57 bits per heavy atom. The lowest BCUT2D eigenvalue weighted by molar-refractivity contribution is -0.0626. The van der Waals surface area contributed by atoms with Gasteiger partial charge in [0.15, 0.2) is 0 Å². The monoisotopic (exact) mass is 201 g/mol. The molecular formula is C10H19NO3. The molecule has 2 N–H and O–H groups in total. The average molecular weight is 201 g/mol. The predicted octanol–water partition coefficient (Wildman–Crippen LogP) is 1.68. The number of hydrogen-bond acceptors (Lipinski definition) is 2. The van der Waals surface area contributed by atoms with Gasteiger partial charge in [0.1, 0.15) is 0 Å². The first-order valence-corrected chi connectivity index (χ1v) is 4.88. The van der Waals surface area contributed by atoms with Crippen molar-refractivity contribution in [3.63, 3.8) is 0 Å². The molecule has 1 heterocycles. The first kappa shape index (κ1) is 11.3. The minimum Gasteiger partial charge on any atom is -0.465 e. The first-order chi connectivity index (χ1) is 6.17. The van der Waals surface area contributed by atoms with E-state index in [1.165, 1.54) is 4.90 Å². The summed E-state index contributed by atoms with van der Waals surface area (Å²) in [6.45, 7) is 7.41. The van der Waals surface area contributed by atoms with Crippen LogP contribution in [0.4, 0.5) is 4.79 Å². The standard InChI is InChI=1S/C10H19NO3/c1-9(2)5-7(12)6-10(3,4)11(9)8(13)14/h7,12H,5-6H2,1-4H3,(H,13,14). The minimum atomic E-state index is -0.910. The van der Waals surface area contributed by atoms with Gasteiger partial charge in [-0.25, -0.2) is 4.79 Å². The fourth-order valence-corrected chi connectivity index (χ4v) is 2.75. The molecule has 4 nitrogen and oxygen atoms in total. The lowest BCUT2D eigenvalue weighted by Gasteiger charge is -2.52. The van der Waals surface area contributed by atoms with Gasteiger partial charge in [0.05, 0.1) is 6.10 Å². The molecule has 0 atom stereocenters. The van der Waals surface area contributed by atoms with Crippen molar-refractivity contribution in [1.29, 1.82) is 0 Å². The molecule has 0 unspecified atom stereocenters. The molecule has 0 bridgehead atoms. The van der Waals surface area contributed by atoms with E-state index in [1.54, 1.807) is 0 Å².